The van der Waals surface area contributed by atoms with Crippen molar-refractivity contribution in [3.8, 4) is 0 Å². The summed E-state index contributed by atoms with van der Waals surface area (Å²) in [5.74, 6) is 0. The van der Waals surface area contributed by atoms with Gasteiger partial charge in [0.05, 0.1) is 0 Å². The molecule has 0 amide bonds. The Morgan fingerprint density at radius 2 is 1.10 bits per heavy atom. The predicted molar refractivity (Wildman–Crippen MR) is 75.7 cm³/mol. The van der Waals surface area contributed by atoms with E-state index in [1.54, 1.807) is 60.7 Å². The molecule has 0 aromatic heterocycles. The first-order valence-electron chi connectivity index (χ1n) is 6.00. The molecule has 7 heteroatoms. The molecule has 2 aromatic rings. The van der Waals surface area contributed by atoms with Crippen molar-refractivity contribution in [2.24, 2.45) is 0 Å². The van der Waals surface area contributed by atoms with Crippen LogP contribution in [0.3, 0.4) is 0 Å². The highest BCUT2D eigenvalue weighted by atomic mass is 16.7. The average Bonchev–Trinajstić information content (AvgIpc) is 2.49. The maximum atomic E-state index is 11.4. The van der Waals surface area contributed by atoms with E-state index < -0.39 is 20.4 Å². The van der Waals surface area contributed by atoms with E-state index in [1.165, 1.54) is 0 Å². The minimum absolute atomic E-state index is 0.415. The lowest BCUT2D eigenvalue weighted by Crippen LogP contribution is -2.40. The highest BCUT2D eigenvalue weighted by Gasteiger charge is 2.27. The molecule has 2 rings (SSSR count). The van der Waals surface area contributed by atoms with E-state index in [0.29, 0.717) is 10.9 Å². The summed E-state index contributed by atoms with van der Waals surface area (Å²) in [7, 11) is -2.88. The Kier molecular flexibility index (Phi) is 4.81. The Morgan fingerprint density at radius 3 is 1.45 bits per heavy atom. The summed E-state index contributed by atoms with van der Waals surface area (Å²) < 4.78 is 9.33. The summed E-state index contributed by atoms with van der Waals surface area (Å²) in [6, 6.07) is 16.8. The van der Waals surface area contributed by atoms with Crippen LogP contribution in [0.15, 0.2) is 60.7 Å². The van der Waals surface area contributed by atoms with Gasteiger partial charge in [0.2, 0.25) is 0 Å². The van der Waals surface area contributed by atoms with Crippen molar-refractivity contribution in [2.75, 3.05) is 0 Å². The third-order valence-corrected chi connectivity index (χ3v) is 2.59. The first-order valence-corrected chi connectivity index (χ1v) is 6.00. The zero-order valence-corrected chi connectivity index (χ0v) is 10.5. The number of hydrogen-bond donors (Lipinski definition) is 2. The molecule has 100 valence electrons. The van der Waals surface area contributed by atoms with Gasteiger partial charge in [-0.15, -0.1) is 0 Å². The summed E-state index contributed by atoms with van der Waals surface area (Å²) >= 11 is 0. The van der Waals surface area contributed by atoms with Crippen LogP contribution in [0.1, 0.15) is 0 Å². The van der Waals surface area contributed by atoms with Crippen molar-refractivity contribution in [1.29, 1.82) is 0 Å². The van der Waals surface area contributed by atoms with Crippen LogP contribution in [0.5, 0.6) is 0 Å². The maximum absolute atomic E-state index is 11.4. The van der Waals surface area contributed by atoms with Gasteiger partial charge < -0.3 is 19.4 Å². The van der Waals surface area contributed by atoms with Gasteiger partial charge in [-0.1, -0.05) is 60.7 Å². The molecule has 20 heavy (non-hydrogen) atoms. The molecule has 0 aliphatic rings. The number of rotatable bonds is 4. The van der Waals surface area contributed by atoms with Gasteiger partial charge in [0, 0.05) is 0 Å². The van der Waals surface area contributed by atoms with Gasteiger partial charge in [0.15, 0.2) is 0 Å². The van der Waals surface area contributed by atoms with Crippen LogP contribution in [0, 0.1) is 0 Å². The number of benzene rings is 2. The fourth-order valence-electron chi connectivity index (χ4n) is 1.58. The summed E-state index contributed by atoms with van der Waals surface area (Å²) in [6.45, 7) is 0. The molecular weight excluding hydrogens is 258 g/mol. The number of carbonyl (C=O) groups is 1. The Labute approximate surface area is 117 Å². The lowest BCUT2D eigenvalue weighted by Gasteiger charge is -2.11. The van der Waals surface area contributed by atoms with Crippen molar-refractivity contribution in [2.45, 2.75) is 0 Å². The van der Waals surface area contributed by atoms with Gasteiger partial charge in [-0.3, -0.25) is 0 Å². The summed E-state index contributed by atoms with van der Waals surface area (Å²) in [5, 5.41) is 19.3. The van der Waals surface area contributed by atoms with Crippen LogP contribution in [0.25, 0.3) is 0 Å². The second kappa shape index (κ2) is 6.79. The second-order valence-corrected chi connectivity index (χ2v) is 4.01. The molecular formula is C13H12B2O5. The largest absolute Gasteiger partial charge is 0.564 e. The fraction of sp³-hybridized carbons (Fsp3) is 0. The highest BCUT2D eigenvalue weighted by Crippen LogP contribution is 1.94. The zero-order valence-electron chi connectivity index (χ0n) is 10.5. The van der Waals surface area contributed by atoms with Crippen molar-refractivity contribution >= 4 is 31.3 Å². The molecule has 0 radical (unpaired) electrons. The fourth-order valence-corrected chi connectivity index (χ4v) is 1.58. The van der Waals surface area contributed by atoms with Crippen molar-refractivity contribution in [1.82, 2.24) is 0 Å². The Morgan fingerprint density at radius 1 is 0.750 bits per heavy atom. The molecule has 0 fully saturated rings. The minimum atomic E-state index is -1.44. The Balaban J connectivity index is 1.90. The van der Waals surface area contributed by atoms with Crippen LogP contribution >= 0.6 is 0 Å². The quantitative estimate of drug-likeness (QED) is 0.759. The Hall–Kier alpha value is -2.24. The van der Waals surface area contributed by atoms with E-state index in [4.69, 9.17) is 0 Å². The van der Waals surface area contributed by atoms with Crippen LogP contribution in [0.4, 0.5) is 4.79 Å². The van der Waals surface area contributed by atoms with Crippen molar-refractivity contribution < 1.29 is 24.2 Å². The molecule has 0 saturated heterocycles. The van der Waals surface area contributed by atoms with Gasteiger partial charge >= 0.3 is 20.4 Å². The summed E-state index contributed by atoms with van der Waals surface area (Å²) in [6.07, 6.45) is -1.15. The first kappa shape index (κ1) is 14.2. The number of hydrogen-bond acceptors (Lipinski definition) is 5. The summed E-state index contributed by atoms with van der Waals surface area (Å²) in [5.41, 5.74) is 0.831. The van der Waals surface area contributed by atoms with Gasteiger partial charge in [0.1, 0.15) is 0 Å². The normalized spacial score (nSPS) is 9.70. The van der Waals surface area contributed by atoms with E-state index in [-0.39, 0.29) is 0 Å². The molecule has 0 unspecified atom stereocenters. The molecule has 2 aromatic carbocycles. The first-order chi connectivity index (χ1) is 9.66. The van der Waals surface area contributed by atoms with Gasteiger partial charge in [-0.25, -0.2) is 4.79 Å². The van der Waals surface area contributed by atoms with E-state index in [1.807, 2.05) is 0 Å². The molecule has 0 heterocycles. The van der Waals surface area contributed by atoms with Crippen LogP contribution in [0.2, 0.25) is 0 Å². The van der Waals surface area contributed by atoms with E-state index in [9.17, 15) is 14.8 Å². The topological polar surface area (TPSA) is 76.0 Å². The zero-order chi connectivity index (χ0) is 14.4. The maximum Gasteiger partial charge on any atom is 0.564 e. The third-order valence-electron chi connectivity index (χ3n) is 2.59. The Bertz CT molecular complexity index is 500. The molecule has 5 nitrogen and oxygen atoms in total. The summed E-state index contributed by atoms with van der Waals surface area (Å²) in [4.78, 5) is 11.4. The standard InChI is InChI=1S/C13H12B2O5/c16-13(19-14(17)11-7-3-1-4-8-11)20-15(18)12-9-5-2-6-10-12/h1-10,17-18H. The van der Waals surface area contributed by atoms with Crippen LogP contribution in [-0.2, 0) is 9.31 Å². The van der Waals surface area contributed by atoms with E-state index >= 15 is 0 Å². The SMILES string of the molecule is O=C(OB(O)c1ccccc1)OB(O)c1ccccc1. The molecule has 0 atom stereocenters. The van der Waals surface area contributed by atoms with Crippen molar-refractivity contribution in [3.05, 3.63) is 60.7 Å². The molecule has 2 N–H and O–H groups in total. The second-order valence-electron chi connectivity index (χ2n) is 4.01. The minimum Gasteiger partial charge on any atom is -0.474 e. The smallest absolute Gasteiger partial charge is 0.474 e. The van der Waals surface area contributed by atoms with E-state index in [2.05, 4.69) is 9.31 Å². The van der Waals surface area contributed by atoms with Gasteiger partial charge in [0.25, 0.3) is 0 Å². The van der Waals surface area contributed by atoms with Crippen molar-refractivity contribution in [3.63, 3.8) is 0 Å². The van der Waals surface area contributed by atoms with Crippen LogP contribution < -0.4 is 10.9 Å². The highest BCUT2D eigenvalue weighted by molar-refractivity contribution is 6.63. The van der Waals surface area contributed by atoms with Gasteiger partial charge in [-0.2, -0.15) is 0 Å². The predicted octanol–water partition coefficient (Wildman–Crippen LogP) is -0.0850. The molecule has 0 spiro atoms. The lowest BCUT2D eigenvalue weighted by molar-refractivity contribution is 0.138. The monoisotopic (exact) mass is 270 g/mol. The lowest BCUT2D eigenvalue weighted by atomic mass is 9.79. The third kappa shape index (κ3) is 3.88. The average molecular weight is 270 g/mol. The van der Waals surface area contributed by atoms with Crippen LogP contribution in [-0.4, -0.2) is 30.4 Å². The van der Waals surface area contributed by atoms with E-state index in [0.717, 1.165) is 0 Å². The number of carbonyl (C=O) groups excluding carboxylic acids is 1. The molecule has 0 bridgehead atoms. The molecule has 0 aliphatic heterocycles. The molecule has 0 saturated carbocycles. The van der Waals surface area contributed by atoms with Gasteiger partial charge in [-0.05, 0) is 10.9 Å². The molecule has 0 aliphatic carbocycles.